The van der Waals surface area contributed by atoms with Crippen molar-refractivity contribution in [2.45, 2.75) is 27.7 Å². The maximum atomic E-state index is 11.6. The van der Waals surface area contributed by atoms with Gasteiger partial charge < -0.3 is 19.5 Å². The molecule has 0 amide bonds. The van der Waals surface area contributed by atoms with Gasteiger partial charge in [0.25, 0.3) is 0 Å². The molecule has 21 heavy (non-hydrogen) atoms. The molecule has 5 heteroatoms. The van der Waals surface area contributed by atoms with Crippen LogP contribution in [0.5, 0.6) is 11.5 Å². The third-order valence-corrected chi connectivity index (χ3v) is 2.84. The Hall–Kier alpha value is -1.91. The van der Waals surface area contributed by atoms with Gasteiger partial charge in [-0.1, -0.05) is 6.92 Å². The Kier molecular flexibility index (Phi) is 7.43. The Balaban J connectivity index is 2.66. The second-order valence-corrected chi connectivity index (χ2v) is 4.56. The molecule has 1 aromatic rings. The second-order valence-electron chi connectivity index (χ2n) is 4.56. The molecule has 0 aromatic heterocycles. The molecular weight excluding hydrogens is 270 g/mol. The average Bonchev–Trinajstić information content (AvgIpc) is 2.47. The first-order chi connectivity index (χ1) is 10.1. The first kappa shape index (κ1) is 17.1. The van der Waals surface area contributed by atoms with E-state index in [4.69, 9.17) is 14.2 Å². The zero-order valence-corrected chi connectivity index (χ0v) is 13.3. The van der Waals surface area contributed by atoms with Crippen LogP contribution in [0.1, 0.15) is 27.7 Å². The lowest BCUT2D eigenvalue weighted by molar-refractivity contribution is -0.146. The summed E-state index contributed by atoms with van der Waals surface area (Å²) in [4.78, 5) is 11.6. The fourth-order valence-corrected chi connectivity index (χ4v) is 1.80. The van der Waals surface area contributed by atoms with Crippen molar-refractivity contribution >= 4 is 11.7 Å². The largest absolute Gasteiger partial charge is 0.490 e. The first-order valence-electron chi connectivity index (χ1n) is 7.42. The lowest BCUT2D eigenvalue weighted by Gasteiger charge is -2.15. The van der Waals surface area contributed by atoms with E-state index in [1.807, 2.05) is 39.0 Å². The number of hydrogen-bond donors (Lipinski definition) is 1. The van der Waals surface area contributed by atoms with Crippen molar-refractivity contribution in [2.24, 2.45) is 5.92 Å². The van der Waals surface area contributed by atoms with E-state index < -0.39 is 0 Å². The molecule has 0 fully saturated rings. The number of carbonyl (C=O) groups excluding carboxylic acids is 1. The third-order valence-electron chi connectivity index (χ3n) is 2.84. The van der Waals surface area contributed by atoms with E-state index in [1.165, 1.54) is 0 Å². The maximum Gasteiger partial charge on any atom is 0.310 e. The molecule has 0 radical (unpaired) electrons. The van der Waals surface area contributed by atoms with Gasteiger partial charge in [-0.3, -0.25) is 4.79 Å². The van der Waals surface area contributed by atoms with Gasteiger partial charge in [-0.15, -0.1) is 0 Å². The predicted octanol–water partition coefficient (Wildman–Crippen LogP) is 3.10. The quantitative estimate of drug-likeness (QED) is 0.709. The predicted molar refractivity (Wildman–Crippen MR) is 83.1 cm³/mol. The summed E-state index contributed by atoms with van der Waals surface area (Å²) < 4.78 is 16.1. The summed E-state index contributed by atoms with van der Waals surface area (Å²) in [6.45, 7) is 9.58. The highest BCUT2D eigenvalue weighted by atomic mass is 16.5. The molecule has 0 heterocycles. The Morgan fingerprint density at radius 2 is 1.76 bits per heavy atom. The first-order valence-corrected chi connectivity index (χ1v) is 7.42. The lowest BCUT2D eigenvalue weighted by Crippen LogP contribution is -2.22. The standard InChI is InChI=1S/C16H25NO4/c1-5-19-14-9-8-13(10-15(14)20-6-2)17-11-12(4)16(18)21-7-3/h8-10,12,17H,5-7,11H2,1-4H3. The maximum absolute atomic E-state index is 11.6. The third kappa shape index (κ3) is 5.53. The molecule has 0 aliphatic rings. The van der Waals surface area contributed by atoms with Crippen molar-refractivity contribution in [3.63, 3.8) is 0 Å². The van der Waals surface area contributed by atoms with Gasteiger partial charge in [0.1, 0.15) is 0 Å². The fourth-order valence-electron chi connectivity index (χ4n) is 1.80. The van der Waals surface area contributed by atoms with Gasteiger partial charge in [0.05, 0.1) is 25.7 Å². The van der Waals surface area contributed by atoms with Gasteiger partial charge in [0, 0.05) is 18.3 Å². The molecule has 1 N–H and O–H groups in total. The van der Waals surface area contributed by atoms with Crippen molar-refractivity contribution in [3.05, 3.63) is 18.2 Å². The van der Waals surface area contributed by atoms with Crippen LogP contribution in [0.2, 0.25) is 0 Å². The Bertz CT molecular complexity index is 448. The minimum Gasteiger partial charge on any atom is -0.490 e. The van der Waals surface area contributed by atoms with Crippen molar-refractivity contribution in [2.75, 3.05) is 31.7 Å². The van der Waals surface area contributed by atoms with Crippen LogP contribution in [0.3, 0.4) is 0 Å². The molecule has 0 aliphatic carbocycles. The van der Waals surface area contributed by atoms with E-state index in [0.29, 0.717) is 32.1 Å². The van der Waals surface area contributed by atoms with Gasteiger partial charge >= 0.3 is 5.97 Å². The van der Waals surface area contributed by atoms with Gasteiger partial charge in [-0.25, -0.2) is 0 Å². The van der Waals surface area contributed by atoms with E-state index >= 15 is 0 Å². The molecule has 118 valence electrons. The minimum absolute atomic E-state index is 0.194. The molecule has 1 atom stereocenters. The zero-order valence-electron chi connectivity index (χ0n) is 13.3. The summed E-state index contributed by atoms with van der Waals surface area (Å²) in [5.41, 5.74) is 0.887. The molecule has 1 aromatic carbocycles. The summed E-state index contributed by atoms with van der Waals surface area (Å²) in [5, 5.41) is 3.22. The zero-order chi connectivity index (χ0) is 15.7. The molecule has 0 spiro atoms. The molecule has 5 nitrogen and oxygen atoms in total. The number of anilines is 1. The van der Waals surface area contributed by atoms with Crippen molar-refractivity contribution in [1.82, 2.24) is 0 Å². The van der Waals surface area contributed by atoms with Crippen LogP contribution in [0, 0.1) is 5.92 Å². The van der Waals surface area contributed by atoms with Crippen LogP contribution < -0.4 is 14.8 Å². The van der Waals surface area contributed by atoms with Crippen LogP contribution in [-0.4, -0.2) is 32.3 Å². The van der Waals surface area contributed by atoms with Gasteiger partial charge in [0.2, 0.25) is 0 Å². The number of benzene rings is 1. The second kappa shape index (κ2) is 9.10. The van der Waals surface area contributed by atoms with Crippen LogP contribution >= 0.6 is 0 Å². The Labute approximate surface area is 126 Å². The number of hydrogen-bond acceptors (Lipinski definition) is 5. The summed E-state index contributed by atoms with van der Waals surface area (Å²) in [6.07, 6.45) is 0. The average molecular weight is 295 g/mol. The van der Waals surface area contributed by atoms with Crippen LogP contribution in [-0.2, 0) is 9.53 Å². The molecule has 0 aliphatic heterocycles. The van der Waals surface area contributed by atoms with Crippen molar-refractivity contribution < 1.29 is 19.0 Å². The highest BCUT2D eigenvalue weighted by Gasteiger charge is 2.14. The number of ether oxygens (including phenoxy) is 3. The van der Waals surface area contributed by atoms with Crippen LogP contribution in [0.4, 0.5) is 5.69 Å². The normalized spacial score (nSPS) is 11.6. The topological polar surface area (TPSA) is 56.8 Å². The summed E-state index contributed by atoms with van der Waals surface area (Å²) >= 11 is 0. The summed E-state index contributed by atoms with van der Waals surface area (Å²) in [6, 6.07) is 5.66. The molecule has 0 bridgehead atoms. The van der Waals surface area contributed by atoms with E-state index in [0.717, 1.165) is 11.4 Å². The number of nitrogens with one attached hydrogen (secondary N) is 1. The van der Waals surface area contributed by atoms with E-state index in [1.54, 1.807) is 6.92 Å². The van der Waals surface area contributed by atoms with E-state index in [-0.39, 0.29) is 11.9 Å². The highest BCUT2D eigenvalue weighted by Crippen LogP contribution is 2.30. The van der Waals surface area contributed by atoms with Gasteiger partial charge in [-0.2, -0.15) is 0 Å². The highest BCUT2D eigenvalue weighted by molar-refractivity contribution is 5.72. The minimum atomic E-state index is -0.202. The van der Waals surface area contributed by atoms with E-state index in [9.17, 15) is 4.79 Å². The lowest BCUT2D eigenvalue weighted by atomic mass is 10.2. The summed E-state index contributed by atoms with van der Waals surface area (Å²) in [5.74, 6) is 1.03. The number of carbonyl (C=O) groups is 1. The van der Waals surface area contributed by atoms with Crippen LogP contribution in [0.15, 0.2) is 18.2 Å². The number of esters is 1. The monoisotopic (exact) mass is 295 g/mol. The van der Waals surface area contributed by atoms with Crippen molar-refractivity contribution in [1.29, 1.82) is 0 Å². The molecule has 1 unspecified atom stereocenters. The van der Waals surface area contributed by atoms with Gasteiger partial charge in [0.15, 0.2) is 11.5 Å². The Morgan fingerprint density at radius 1 is 1.10 bits per heavy atom. The molecule has 0 saturated carbocycles. The SMILES string of the molecule is CCOC(=O)C(C)CNc1ccc(OCC)c(OCC)c1. The molecular formula is C16H25NO4. The van der Waals surface area contributed by atoms with Gasteiger partial charge in [-0.05, 0) is 32.9 Å². The molecule has 1 rings (SSSR count). The fraction of sp³-hybridized carbons (Fsp3) is 0.562. The number of rotatable bonds is 9. The van der Waals surface area contributed by atoms with Crippen LogP contribution in [0.25, 0.3) is 0 Å². The Morgan fingerprint density at radius 3 is 2.38 bits per heavy atom. The smallest absolute Gasteiger partial charge is 0.310 e. The summed E-state index contributed by atoms with van der Waals surface area (Å²) in [7, 11) is 0. The molecule has 0 saturated heterocycles. The van der Waals surface area contributed by atoms with E-state index in [2.05, 4.69) is 5.32 Å². The van der Waals surface area contributed by atoms with Crippen molar-refractivity contribution in [3.8, 4) is 11.5 Å².